The number of thiophene rings is 1. The number of hydrogen-bond donors (Lipinski definition) is 0. The lowest BCUT2D eigenvalue weighted by Crippen LogP contribution is -1.95. The molecule has 0 spiro atoms. The summed E-state index contributed by atoms with van der Waals surface area (Å²) in [4.78, 5) is 17.9. The lowest BCUT2D eigenvalue weighted by Gasteiger charge is -2.10. The van der Waals surface area contributed by atoms with Crippen LogP contribution >= 0.6 is 11.3 Å². The lowest BCUT2D eigenvalue weighted by atomic mass is 10.2. The molecule has 3 heterocycles. The minimum absolute atomic E-state index is 0.528. The second-order valence-corrected chi connectivity index (χ2v) is 6.47. The van der Waals surface area contributed by atoms with E-state index in [-0.39, 0.29) is 0 Å². The molecule has 0 aliphatic carbocycles. The van der Waals surface area contributed by atoms with Crippen LogP contribution in [-0.4, -0.2) is 19.9 Å². The molecule has 0 saturated heterocycles. The number of nitrogens with zero attached hydrogens (tertiary/aromatic N) is 4. The molecule has 0 atom stereocenters. The summed E-state index contributed by atoms with van der Waals surface area (Å²) < 4.78 is 6.12. The van der Waals surface area contributed by atoms with E-state index in [1.165, 1.54) is 0 Å². The maximum atomic E-state index is 6.12. The van der Waals surface area contributed by atoms with Gasteiger partial charge in [0.15, 0.2) is 5.82 Å². The first kappa shape index (κ1) is 14.9. The average molecular weight is 356 g/mol. The van der Waals surface area contributed by atoms with Gasteiger partial charge in [-0.25, -0.2) is 4.98 Å². The van der Waals surface area contributed by atoms with Crippen LogP contribution in [0.2, 0.25) is 0 Å². The number of aromatic nitrogens is 4. The monoisotopic (exact) mass is 356 g/mol. The number of ether oxygens (including phenoxy) is 1. The van der Waals surface area contributed by atoms with Gasteiger partial charge in [0.25, 0.3) is 0 Å². The van der Waals surface area contributed by atoms with Gasteiger partial charge in [0.1, 0.15) is 5.75 Å². The van der Waals surface area contributed by atoms with Gasteiger partial charge in [-0.1, -0.05) is 12.1 Å². The van der Waals surface area contributed by atoms with Gasteiger partial charge >= 0.3 is 0 Å². The largest absolute Gasteiger partial charge is 0.438 e. The van der Waals surface area contributed by atoms with E-state index in [0.717, 1.165) is 27.5 Å². The molecule has 5 nitrogen and oxygen atoms in total. The zero-order chi connectivity index (χ0) is 17.3. The highest BCUT2D eigenvalue weighted by Crippen LogP contribution is 2.31. The van der Waals surface area contributed by atoms with Crippen LogP contribution in [-0.2, 0) is 0 Å². The van der Waals surface area contributed by atoms with Gasteiger partial charge in [-0.2, -0.15) is 16.3 Å². The molecule has 26 heavy (non-hydrogen) atoms. The second kappa shape index (κ2) is 6.16. The van der Waals surface area contributed by atoms with Gasteiger partial charge < -0.3 is 4.74 Å². The van der Waals surface area contributed by atoms with E-state index >= 15 is 0 Å². The van der Waals surface area contributed by atoms with Crippen molar-refractivity contribution in [3.63, 3.8) is 0 Å². The predicted octanol–water partition coefficient (Wildman–Crippen LogP) is 5.09. The van der Waals surface area contributed by atoms with E-state index < -0.39 is 0 Å². The Balaban J connectivity index is 1.64. The van der Waals surface area contributed by atoms with Crippen LogP contribution in [0, 0.1) is 0 Å². The molecule has 0 fully saturated rings. The molecule has 5 aromatic rings. The third-order valence-electron chi connectivity index (χ3n) is 4.00. The van der Waals surface area contributed by atoms with Crippen molar-refractivity contribution in [3.8, 4) is 23.0 Å². The van der Waals surface area contributed by atoms with Crippen molar-refractivity contribution in [1.29, 1.82) is 0 Å². The fourth-order valence-electron chi connectivity index (χ4n) is 2.76. The molecule has 5 rings (SSSR count). The van der Waals surface area contributed by atoms with Crippen molar-refractivity contribution < 1.29 is 4.74 Å². The summed E-state index contributed by atoms with van der Waals surface area (Å²) >= 11 is 1.62. The minimum atomic E-state index is 0.528. The molecule has 0 saturated carbocycles. The molecule has 2 aromatic carbocycles. The van der Waals surface area contributed by atoms with E-state index in [1.807, 2.05) is 59.3 Å². The summed E-state index contributed by atoms with van der Waals surface area (Å²) in [6.45, 7) is 0. The summed E-state index contributed by atoms with van der Waals surface area (Å²) in [6.07, 6.45) is 3.34. The first-order valence-corrected chi connectivity index (χ1v) is 8.99. The van der Waals surface area contributed by atoms with Crippen molar-refractivity contribution in [2.24, 2.45) is 0 Å². The normalized spacial score (nSPS) is 11.1. The number of fused-ring (bicyclic) bond motifs is 2. The molecule has 0 radical (unpaired) electrons. The van der Waals surface area contributed by atoms with Crippen LogP contribution in [0.4, 0.5) is 0 Å². The van der Waals surface area contributed by atoms with Crippen molar-refractivity contribution in [1.82, 2.24) is 19.9 Å². The highest BCUT2D eigenvalue weighted by atomic mass is 32.1. The van der Waals surface area contributed by atoms with E-state index in [9.17, 15) is 0 Å². The molecule has 0 bridgehead atoms. The summed E-state index contributed by atoms with van der Waals surface area (Å²) in [5.41, 5.74) is 3.43. The Morgan fingerprint density at radius 2 is 1.69 bits per heavy atom. The average Bonchev–Trinajstić information content (AvgIpc) is 3.23. The van der Waals surface area contributed by atoms with Crippen molar-refractivity contribution in [2.45, 2.75) is 0 Å². The quantitative estimate of drug-likeness (QED) is 0.450. The minimum Gasteiger partial charge on any atom is -0.438 e. The summed E-state index contributed by atoms with van der Waals surface area (Å²) in [5.74, 6) is 1.85. The third kappa shape index (κ3) is 2.66. The lowest BCUT2D eigenvalue weighted by molar-refractivity contribution is 0.469. The fourth-order valence-corrected chi connectivity index (χ4v) is 3.40. The Kier molecular flexibility index (Phi) is 3.54. The summed E-state index contributed by atoms with van der Waals surface area (Å²) in [7, 11) is 0. The summed E-state index contributed by atoms with van der Waals surface area (Å²) in [5, 5.41) is 4.90. The zero-order valence-corrected chi connectivity index (χ0v) is 14.4. The van der Waals surface area contributed by atoms with Crippen molar-refractivity contribution in [2.75, 3.05) is 0 Å². The van der Waals surface area contributed by atoms with Gasteiger partial charge in [0.2, 0.25) is 5.88 Å². The van der Waals surface area contributed by atoms with Crippen LogP contribution < -0.4 is 4.74 Å². The molecule has 0 N–H and O–H groups in total. The molecule has 0 amide bonds. The van der Waals surface area contributed by atoms with E-state index in [2.05, 4.69) is 19.9 Å². The molecule has 0 aliphatic rings. The SMILES string of the molecule is c1ccc2c(Oc3ccc4nccnc4c3)nc(-c3ccsc3)nc2c1. The first-order chi connectivity index (χ1) is 12.9. The number of rotatable bonds is 3. The van der Waals surface area contributed by atoms with Crippen LogP contribution in [0.3, 0.4) is 0 Å². The van der Waals surface area contributed by atoms with Gasteiger partial charge in [0.05, 0.1) is 21.9 Å². The maximum Gasteiger partial charge on any atom is 0.230 e. The second-order valence-electron chi connectivity index (χ2n) is 5.69. The molecular weight excluding hydrogens is 344 g/mol. The number of benzene rings is 2. The standard InChI is InChI=1S/C20H12N4OS/c1-2-4-16-15(3-1)20(24-19(23-16)13-7-10-26-12-13)25-14-5-6-17-18(11-14)22-9-8-21-17/h1-12H. The maximum absolute atomic E-state index is 6.12. The molecule has 0 aliphatic heterocycles. The molecule has 3 aromatic heterocycles. The summed E-state index contributed by atoms with van der Waals surface area (Å²) in [6, 6.07) is 15.5. The van der Waals surface area contributed by atoms with Crippen molar-refractivity contribution >= 4 is 33.3 Å². The fraction of sp³-hybridized carbons (Fsp3) is 0. The highest BCUT2D eigenvalue weighted by Gasteiger charge is 2.12. The first-order valence-electron chi connectivity index (χ1n) is 8.05. The van der Waals surface area contributed by atoms with Crippen LogP contribution in [0.15, 0.2) is 71.7 Å². The van der Waals surface area contributed by atoms with E-state index in [1.54, 1.807) is 23.7 Å². The Morgan fingerprint density at radius 3 is 2.58 bits per heavy atom. The molecule has 6 heteroatoms. The molecule has 124 valence electrons. The van der Waals surface area contributed by atoms with Crippen LogP contribution in [0.1, 0.15) is 0 Å². The van der Waals surface area contributed by atoms with E-state index in [4.69, 9.17) is 4.74 Å². The number of para-hydroxylation sites is 1. The van der Waals surface area contributed by atoms with Gasteiger partial charge in [-0.05, 0) is 35.7 Å². The zero-order valence-electron chi connectivity index (χ0n) is 13.5. The molecule has 0 unspecified atom stereocenters. The van der Waals surface area contributed by atoms with Crippen LogP contribution in [0.5, 0.6) is 11.6 Å². The Hall–Kier alpha value is -3.38. The van der Waals surface area contributed by atoms with Crippen LogP contribution in [0.25, 0.3) is 33.3 Å². The van der Waals surface area contributed by atoms with Gasteiger partial charge in [0, 0.05) is 29.4 Å². The predicted molar refractivity (Wildman–Crippen MR) is 102 cm³/mol. The Labute approximate surface area is 153 Å². The Morgan fingerprint density at radius 1 is 0.808 bits per heavy atom. The van der Waals surface area contributed by atoms with Gasteiger partial charge in [-0.3, -0.25) is 9.97 Å². The highest BCUT2D eigenvalue weighted by molar-refractivity contribution is 7.08. The number of hydrogen-bond acceptors (Lipinski definition) is 6. The topological polar surface area (TPSA) is 60.8 Å². The third-order valence-corrected chi connectivity index (χ3v) is 4.69. The smallest absolute Gasteiger partial charge is 0.230 e. The van der Waals surface area contributed by atoms with E-state index in [0.29, 0.717) is 17.5 Å². The van der Waals surface area contributed by atoms with Gasteiger partial charge in [-0.15, -0.1) is 0 Å². The molecular formula is C20H12N4OS. The Bertz CT molecular complexity index is 1220. The van der Waals surface area contributed by atoms with Crippen molar-refractivity contribution in [3.05, 3.63) is 71.7 Å².